The molecule has 5 heteroatoms. The molecule has 0 heterocycles. The molecule has 0 bridgehead atoms. The van der Waals surface area contributed by atoms with E-state index in [-0.39, 0.29) is 23.7 Å². The van der Waals surface area contributed by atoms with E-state index in [9.17, 15) is 13.2 Å². The predicted octanol–water partition coefficient (Wildman–Crippen LogP) is 1.68. The fourth-order valence-electron chi connectivity index (χ4n) is 1.07. The largest absolute Gasteiger partial charge is 0.300 e. The zero-order valence-electron chi connectivity index (χ0n) is 9.26. The normalized spacial score (nSPS) is 11.4. The molecule has 0 saturated carbocycles. The minimum absolute atomic E-state index is 0.0980. The molecule has 1 rings (SSSR count). The molecule has 0 fully saturated rings. The third-order valence-corrected chi connectivity index (χ3v) is 3.33. The first-order valence-electron chi connectivity index (χ1n) is 4.87. The lowest BCUT2D eigenvalue weighted by Crippen LogP contribution is -2.09. The van der Waals surface area contributed by atoms with Crippen molar-refractivity contribution >= 4 is 15.9 Å². The van der Waals surface area contributed by atoms with E-state index in [0.717, 1.165) is 5.56 Å². The van der Waals surface area contributed by atoms with Crippen LogP contribution in [0.15, 0.2) is 29.2 Å². The smallest absolute Gasteiger partial charge is 0.296 e. The van der Waals surface area contributed by atoms with Crippen LogP contribution in [0.1, 0.15) is 18.9 Å². The highest BCUT2D eigenvalue weighted by atomic mass is 32.2. The molecule has 0 aliphatic carbocycles. The third kappa shape index (κ3) is 3.75. The molecule has 0 amide bonds. The molecule has 0 aliphatic rings. The molecular formula is C11H14O4S. The van der Waals surface area contributed by atoms with Gasteiger partial charge in [0.2, 0.25) is 0 Å². The van der Waals surface area contributed by atoms with Crippen molar-refractivity contribution in [1.29, 1.82) is 0 Å². The van der Waals surface area contributed by atoms with Crippen LogP contribution < -0.4 is 0 Å². The van der Waals surface area contributed by atoms with Gasteiger partial charge in [0.15, 0.2) is 0 Å². The van der Waals surface area contributed by atoms with Crippen molar-refractivity contribution in [1.82, 2.24) is 0 Å². The van der Waals surface area contributed by atoms with Gasteiger partial charge in [-0.15, -0.1) is 0 Å². The number of aryl methyl sites for hydroxylation is 1. The summed E-state index contributed by atoms with van der Waals surface area (Å²) in [4.78, 5) is 10.7. The van der Waals surface area contributed by atoms with Crippen molar-refractivity contribution in [2.75, 3.05) is 6.61 Å². The van der Waals surface area contributed by atoms with E-state index in [4.69, 9.17) is 4.18 Å². The van der Waals surface area contributed by atoms with Gasteiger partial charge in [0, 0.05) is 6.42 Å². The Hall–Kier alpha value is -1.20. The first-order valence-corrected chi connectivity index (χ1v) is 6.28. The van der Waals surface area contributed by atoms with E-state index in [1.54, 1.807) is 12.1 Å². The van der Waals surface area contributed by atoms with Crippen LogP contribution in [-0.4, -0.2) is 20.8 Å². The molecule has 0 unspecified atom stereocenters. The average molecular weight is 242 g/mol. The van der Waals surface area contributed by atoms with E-state index >= 15 is 0 Å². The van der Waals surface area contributed by atoms with Crippen LogP contribution >= 0.6 is 0 Å². The maximum absolute atomic E-state index is 11.6. The molecule has 1 aromatic carbocycles. The second kappa shape index (κ2) is 5.23. The summed E-state index contributed by atoms with van der Waals surface area (Å²) >= 11 is 0. The molecule has 4 nitrogen and oxygen atoms in total. The first kappa shape index (κ1) is 12.9. The summed E-state index contributed by atoms with van der Waals surface area (Å²) in [6.45, 7) is 3.15. The number of carbonyl (C=O) groups is 1. The van der Waals surface area contributed by atoms with Gasteiger partial charge >= 0.3 is 0 Å². The van der Waals surface area contributed by atoms with Gasteiger partial charge in [-0.1, -0.05) is 17.7 Å². The fraction of sp³-hybridized carbons (Fsp3) is 0.364. The summed E-state index contributed by atoms with van der Waals surface area (Å²) in [7, 11) is -3.72. The highest BCUT2D eigenvalue weighted by Gasteiger charge is 2.14. The molecule has 0 N–H and O–H groups in total. The number of benzene rings is 1. The van der Waals surface area contributed by atoms with Crippen LogP contribution in [0.5, 0.6) is 0 Å². The molecule has 0 saturated heterocycles. The van der Waals surface area contributed by atoms with E-state index in [2.05, 4.69) is 0 Å². The van der Waals surface area contributed by atoms with Crippen LogP contribution in [0.25, 0.3) is 0 Å². The molecule has 16 heavy (non-hydrogen) atoms. The number of ketones is 1. The van der Waals surface area contributed by atoms with Gasteiger partial charge in [0.1, 0.15) is 5.78 Å². The monoisotopic (exact) mass is 242 g/mol. The second-order valence-corrected chi connectivity index (χ2v) is 5.16. The van der Waals surface area contributed by atoms with Gasteiger partial charge in [-0.3, -0.25) is 8.98 Å². The molecule has 0 aliphatic heterocycles. The lowest BCUT2D eigenvalue weighted by molar-refractivity contribution is -0.117. The maximum Gasteiger partial charge on any atom is 0.296 e. The van der Waals surface area contributed by atoms with Gasteiger partial charge < -0.3 is 0 Å². The van der Waals surface area contributed by atoms with Gasteiger partial charge in [0.05, 0.1) is 11.5 Å². The van der Waals surface area contributed by atoms with Crippen LogP contribution in [0.3, 0.4) is 0 Å². The van der Waals surface area contributed by atoms with Gasteiger partial charge in [-0.2, -0.15) is 8.42 Å². The standard InChI is InChI=1S/C11H14O4S/c1-9-3-5-11(6-4-9)16(13,14)15-8-7-10(2)12/h3-6H,7-8H2,1-2H3. The molecular weight excluding hydrogens is 228 g/mol. The van der Waals surface area contributed by atoms with Gasteiger partial charge in [-0.05, 0) is 26.0 Å². The Bertz CT molecular complexity index is 459. The average Bonchev–Trinajstić information content (AvgIpc) is 2.17. The van der Waals surface area contributed by atoms with Crippen molar-refractivity contribution < 1.29 is 17.4 Å². The Morgan fingerprint density at radius 2 is 1.81 bits per heavy atom. The van der Waals surface area contributed by atoms with E-state index < -0.39 is 10.1 Å². The van der Waals surface area contributed by atoms with Gasteiger partial charge in [0.25, 0.3) is 10.1 Å². The molecule has 0 spiro atoms. The highest BCUT2D eigenvalue weighted by molar-refractivity contribution is 7.86. The summed E-state index contributed by atoms with van der Waals surface area (Å²) in [5, 5.41) is 0. The SMILES string of the molecule is CC(=O)CCOS(=O)(=O)c1ccc(C)cc1. The molecule has 1 aromatic rings. The number of hydrogen-bond donors (Lipinski definition) is 0. The van der Waals surface area contributed by atoms with Crippen molar-refractivity contribution in [2.24, 2.45) is 0 Å². The number of carbonyl (C=O) groups excluding carboxylic acids is 1. The van der Waals surface area contributed by atoms with Crippen LogP contribution in [-0.2, 0) is 19.1 Å². The zero-order valence-corrected chi connectivity index (χ0v) is 10.1. The summed E-state index contributed by atoms with van der Waals surface area (Å²) < 4.78 is 27.9. The summed E-state index contributed by atoms with van der Waals surface area (Å²) in [5.74, 6) is -0.0980. The lowest BCUT2D eigenvalue weighted by atomic mass is 10.2. The van der Waals surface area contributed by atoms with Crippen molar-refractivity contribution in [3.63, 3.8) is 0 Å². The van der Waals surface area contributed by atoms with Crippen LogP contribution in [0, 0.1) is 6.92 Å². The summed E-state index contributed by atoms with van der Waals surface area (Å²) in [5.41, 5.74) is 0.975. The molecule has 88 valence electrons. The Morgan fingerprint density at radius 1 is 1.25 bits per heavy atom. The molecule has 0 atom stereocenters. The van der Waals surface area contributed by atoms with Gasteiger partial charge in [-0.25, -0.2) is 0 Å². The Kier molecular flexibility index (Phi) is 4.20. The Morgan fingerprint density at radius 3 is 2.31 bits per heavy atom. The quantitative estimate of drug-likeness (QED) is 0.737. The van der Waals surface area contributed by atoms with E-state index in [0.29, 0.717) is 0 Å². The highest BCUT2D eigenvalue weighted by Crippen LogP contribution is 2.13. The maximum atomic E-state index is 11.6. The van der Waals surface area contributed by atoms with Crippen molar-refractivity contribution in [3.05, 3.63) is 29.8 Å². The Balaban J connectivity index is 2.71. The van der Waals surface area contributed by atoms with E-state index in [1.807, 2.05) is 6.92 Å². The predicted molar refractivity (Wildman–Crippen MR) is 59.6 cm³/mol. The number of rotatable bonds is 5. The zero-order chi connectivity index (χ0) is 12.2. The van der Waals surface area contributed by atoms with E-state index in [1.165, 1.54) is 19.1 Å². The summed E-state index contributed by atoms with van der Waals surface area (Å²) in [6.07, 6.45) is 0.102. The van der Waals surface area contributed by atoms with Crippen LogP contribution in [0.2, 0.25) is 0 Å². The molecule has 0 aromatic heterocycles. The fourth-order valence-corrected chi connectivity index (χ4v) is 1.98. The minimum Gasteiger partial charge on any atom is -0.300 e. The minimum atomic E-state index is -3.72. The summed E-state index contributed by atoms with van der Waals surface area (Å²) in [6, 6.07) is 6.36. The number of hydrogen-bond acceptors (Lipinski definition) is 4. The molecule has 0 radical (unpaired) electrons. The second-order valence-electron chi connectivity index (χ2n) is 3.54. The Labute approximate surface area is 95.4 Å². The first-order chi connectivity index (χ1) is 7.42. The van der Waals surface area contributed by atoms with Crippen molar-refractivity contribution in [3.8, 4) is 0 Å². The third-order valence-electron chi connectivity index (χ3n) is 2.00. The van der Waals surface area contributed by atoms with Crippen molar-refractivity contribution in [2.45, 2.75) is 25.2 Å². The number of Topliss-reactive ketones (excluding diaryl/α,β-unsaturated/α-hetero) is 1. The van der Waals surface area contributed by atoms with Crippen LogP contribution in [0.4, 0.5) is 0 Å². The lowest BCUT2D eigenvalue weighted by Gasteiger charge is -2.04. The topological polar surface area (TPSA) is 60.4 Å².